The number of nitrogens with zero attached hydrogens (tertiary/aromatic N) is 4. The number of para-hydroxylation sites is 3. The minimum Gasteiger partial charge on any atom is -0.458 e. The van der Waals surface area contributed by atoms with E-state index in [1.165, 1.54) is 11.1 Å². The lowest BCUT2D eigenvalue weighted by molar-refractivity contribution is -0.570. The van der Waals surface area contributed by atoms with E-state index in [2.05, 4.69) is 201 Å². The Morgan fingerprint density at radius 1 is 0.479 bits per heavy atom. The summed E-state index contributed by atoms with van der Waals surface area (Å²) in [6.45, 7) is 13.3. The maximum Gasteiger partial charge on any atom is 0.269 e. The number of ether oxygens (including phenoxy) is 1. The molecule has 0 atom stereocenters. The number of rotatable bonds is 6. The van der Waals surface area contributed by atoms with Crippen molar-refractivity contribution in [3.63, 3.8) is 0 Å². The van der Waals surface area contributed by atoms with Crippen molar-refractivity contribution in [3.05, 3.63) is 236 Å². The number of hydrogen-bond donors (Lipinski definition) is 0. The van der Waals surface area contributed by atoms with Crippen LogP contribution in [0.1, 0.15) is 59.5 Å². The van der Waals surface area contributed by atoms with Crippen LogP contribution in [-0.4, -0.2) is 14.1 Å². The van der Waals surface area contributed by atoms with Gasteiger partial charge in [-0.25, -0.2) is 4.98 Å². The van der Waals surface area contributed by atoms with Gasteiger partial charge in [-0.15, -0.1) is 0 Å². The summed E-state index contributed by atoms with van der Waals surface area (Å²) in [6.07, 6.45) is 5.80. The molecule has 4 heterocycles. The van der Waals surface area contributed by atoms with Gasteiger partial charge in [-0.3, -0.25) is 13.7 Å². The molecule has 352 valence electrons. The lowest BCUT2D eigenvalue weighted by Gasteiger charge is -2.21. The highest BCUT2D eigenvalue weighted by molar-refractivity contribution is 6.09. The molecule has 13 rings (SSSR count). The van der Waals surface area contributed by atoms with Crippen molar-refractivity contribution in [2.75, 3.05) is 0 Å². The fourth-order valence-corrected chi connectivity index (χ4v) is 10.7. The second kappa shape index (κ2) is 16.9. The molecule has 0 saturated heterocycles. The van der Waals surface area contributed by atoms with E-state index in [4.69, 9.17) is 16.6 Å². The lowest BCUT2D eigenvalue weighted by Crippen LogP contribution is -2.32. The Balaban J connectivity index is 1.02. The third-order valence-corrected chi connectivity index (χ3v) is 14.4. The van der Waals surface area contributed by atoms with Gasteiger partial charge in [0.25, 0.3) is 6.33 Å². The fourth-order valence-electron chi connectivity index (χ4n) is 10.7. The Morgan fingerprint density at radius 2 is 1.12 bits per heavy atom. The molecule has 0 fully saturated rings. The molecule has 0 spiro atoms. The second-order valence-electron chi connectivity index (χ2n) is 21.1. The Labute approximate surface area is 433 Å². The summed E-state index contributed by atoms with van der Waals surface area (Å²) in [4.78, 5) is 4.90. The fraction of sp³-hybridized carbons (Fsp3) is 0.118. The van der Waals surface area contributed by atoms with Crippen LogP contribution < -0.4 is 9.30 Å². The molecule has 0 saturated carbocycles. The Hall–Kier alpha value is -8.80. The average molecular weight is 948 g/mol. The molecule has 3 aromatic heterocycles. The van der Waals surface area contributed by atoms with Crippen LogP contribution in [0, 0.1) is 6.33 Å². The van der Waals surface area contributed by atoms with Crippen molar-refractivity contribution >= 4 is 32.8 Å². The topological polar surface area (TPSA) is 35.9 Å². The average Bonchev–Trinajstić information content (AvgIpc) is 4.21. The maximum atomic E-state index is 9.04. The number of benzene rings is 9. The van der Waals surface area contributed by atoms with Crippen LogP contribution in [0.5, 0.6) is 11.5 Å². The molecule has 0 unspecified atom stereocenters. The van der Waals surface area contributed by atoms with Gasteiger partial charge in [0.1, 0.15) is 17.3 Å². The molecule has 73 heavy (non-hydrogen) atoms. The second-order valence-corrected chi connectivity index (χ2v) is 21.1. The summed E-state index contributed by atoms with van der Waals surface area (Å²) in [5.74, 6) is 2.19. The van der Waals surface area contributed by atoms with E-state index < -0.39 is 6.04 Å². The first-order chi connectivity index (χ1) is 37.5. The first-order valence-corrected chi connectivity index (χ1v) is 24.9. The van der Waals surface area contributed by atoms with Gasteiger partial charge in [0.05, 0.1) is 40.3 Å². The predicted molar refractivity (Wildman–Crippen MR) is 300 cm³/mol. The molecule has 9 aromatic carbocycles. The minimum absolute atomic E-state index is 0.0567. The molecule has 0 bridgehead atoms. The zero-order valence-electron chi connectivity index (χ0n) is 46.6. The van der Waals surface area contributed by atoms with Gasteiger partial charge in [0, 0.05) is 23.0 Å². The monoisotopic (exact) mass is 947 g/mol. The summed E-state index contributed by atoms with van der Waals surface area (Å²) >= 11 is 0. The van der Waals surface area contributed by atoms with E-state index in [1.807, 2.05) is 48.7 Å². The zero-order chi connectivity index (χ0) is 53.9. The Morgan fingerprint density at radius 3 is 1.93 bits per heavy atom. The Kier molecular flexibility index (Phi) is 9.02. The van der Waals surface area contributed by atoms with Crippen LogP contribution in [-0.2, 0) is 10.8 Å². The molecular weight excluding hydrogens is 889 g/mol. The molecule has 0 radical (unpaired) electrons. The largest absolute Gasteiger partial charge is 0.458 e. The summed E-state index contributed by atoms with van der Waals surface area (Å²) < 4.78 is 57.1. The molecule has 5 heteroatoms. The number of pyridine rings is 1. The molecule has 0 amide bonds. The SMILES string of the molecule is [2H]c1c([2H])c([2H])c(-c2ccc3c(c2)-c2cccc(-c4ccc(C(C)(C)C)cc4)c2-[n+]2[c-]n(-c4cccc(Oc5ccc6c7ccccc7n(-c7cc(C(C)(C)C)ccn7)c6c5)c4)c4cccc(c42)-c2ccccc2-3)c([2H])c1[2H]. The van der Waals surface area contributed by atoms with Crippen LogP contribution in [0.4, 0.5) is 0 Å². The van der Waals surface area contributed by atoms with Gasteiger partial charge < -0.3 is 4.74 Å². The van der Waals surface area contributed by atoms with E-state index in [-0.39, 0.29) is 40.6 Å². The first kappa shape index (κ1) is 38.9. The highest BCUT2D eigenvalue weighted by Gasteiger charge is 2.27. The van der Waals surface area contributed by atoms with Crippen molar-refractivity contribution in [1.29, 1.82) is 0 Å². The van der Waals surface area contributed by atoms with Crippen LogP contribution in [0.3, 0.4) is 0 Å². The smallest absolute Gasteiger partial charge is 0.269 e. The van der Waals surface area contributed by atoms with Gasteiger partial charge in [-0.2, -0.15) is 0 Å². The third-order valence-electron chi connectivity index (χ3n) is 14.4. The molecular formula is C68H54N4O. The van der Waals surface area contributed by atoms with Crippen molar-refractivity contribution in [2.45, 2.75) is 52.4 Å². The molecule has 5 nitrogen and oxygen atoms in total. The summed E-state index contributed by atoms with van der Waals surface area (Å²) in [6, 6.07) is 61.3. The van der Waals surface area contributed by atoms with Gasteiger partial charge in [0.2, 0.25) is 0 Å². The Bertz CT molecular complexity index is 4410. The van der Waals surface area contributed by atoms with Gasteiger partial charge in [-0.05, 0) is 132 Å². The number of fused-ring (bicyclic) bond motifs is 10. The van der Waals surface area contributed by atoms with Crippen molar-refractivity contribution in [3.8, 4) is 84.3 Å². The van der Waals surface area contributed by atoms with Crippen LogP contribution in [0.2, 0.25) is 0 Å². The van der Waals surface area contributed by atoms with Gasteiger partial charge in [-0.1, -0.05) is 193 Å². The summed E-state index contributed by atoms with van der Waals surface area (Å²) in [5, 5.41) is 2.24. The summed E-state index contributed by atoms with van der Waals surface area (Å²) in [5.41, 5.74) is 16.3. The van der Waals surface area contributed by atoms with E-state index in [9.17, 15) is 0 Å². The molecule has 0 aliphatic carbocycles. The molecule has 0 N–H and O–H groups in total. The minimum atomic E-state index is -0.426. The predicted octanol–water partition coefficient (Wildman–Crippen LogP) is 17.2. The highest BCUT2D eigenvalue weighted by Crippen LogP contribution is 2.47. The normalized spacial score (nSPS) is 13.2. The number of hydrogen-bond acceptors (Lipinski definition) is 2. The zero-order valence-corrected chi connectivity index (χ0v) is 41.6. The third kappa shape index (κ3) is 7.54. The van der Waals surface area contributed by atoms with Crippen LogP contribution >= 0.6 is 0 Å². The van der Waals surface area contributed by atoms with E-state index in [0.717, 1.165) is 94.5 Å². The van der Waals surface area contributed by atoms with Gasteiger partial charge >= 0.3 is 0 Å². The van der Waals surface area contributed by atoms with E-state index in [1.54, 1.807) is 0 Å². The molecule has 12 aromatic rings. The number of aromatic nitrogens is 4. The van der Waals surface area contributed by atoms with Crippen molar-refractivity contribution in [1.82, 2.24) is 14.1 Å². The quantitative estimate of drug-likeness (QED) is 0.123. The lowest BCUT2D eigenvalue weighted by atomic mass is 9.85. The molecule has 1 aliphatic heterocycles. The maximum absolute atomic E-state index is 9.04. The first-order valence-electron chi connectivity index (χ1n) is 27.4. The summed E-state index contributed by atoms with van der Waals surface area (Å²) in [7, 11) is 0. The van der Waals surface area contributed by atoms with Crippen molar-refractivity contribution < 1.29 is 16.2 Å². The van der Waals surface area contributed by atoms with Crippen molar-refractivity contribution in [2.24, 2.45) is 0 Å². The van der Waals surface area contributed by atoms with Crippen LogP contribution in [0.15, 0.2) is 218 Å². The number of imidazole rings is 1. The van der Waals surface area contributed by atoms with E-state index >= 15 is 0 Å². The molecule has 1 aliphatic rings. The standard InChI is InChI=1S/C68H54N4O/c1-67(2,3)47-32-29-45(30-33-47)52-24-15-25-59-60-39-46(44-17-8-7-9-18-44)31-35-55(60)53-21-10-11-22-54(53)58-26-16-28-62-66(58)71(65(52)59)43-70(62)49-19-14-20-50(41-49)73-51-34-36-57-56-23-12-13-27-61(56)72(63(57)42-51)64-40-48(37-38-69-64)68(4,5)6/h7-42H,1-6H3/i7D,8D,9D,17D,18D. The van der Waals surface area contributed by atoms with E-state index in [0.29, 0.717) is 17.1 Å². The van der Waals surface area contributed by atoms with Gasteiger partial charge in [0.15, 0.2) is 0 Å². The van der Waals surface area contributed by atoms with Crippen LogP contribution in [0.25, 0.3) is 106 Å². The highest BCUT2D eigenvalue weighted by atomic mass is 16.5.